The Kier molecular flexibility index (Phi) is 3.01. The van der Waals surface area contributed by atoms with Crippen molar-refractivity contribution in [2.45, 2.75) is 6.92 Å². The zero-order valence-corrected chi connectivity index (χ0v) is 9.99. The van der Waals surface area contributed by atoms with E-state index in [1.807, 2.05) is 36.6 Å². The van der Waals surface area contributed by atoms with Crippen molar-refractivity contribution in [3.63, 3.8) is 0 Å². The fourth-order valence-electron chi connectivity index (χ4n) is 1.36. The van der Waals surface area contributed by atoms with E-state index in [0.717, 1.165) is 10.4 Å². The Balaban J connectivity index is 2.23. The van der Waals surface area contributed by atoms with Crippen LogP contribution in [0.25, 0.3) is 0 Å². The van der Waals surface area contributed by atoms with Gasteiger partial charge in [-0.2, -0.15) is 0 Å². The molecule has 2 aromatic heterocycles. The molecule has 2 aromatic rings. The zero-order chi connectivity index (χ0) is 11.5. The van der Waals surface area contributed by atoms with Crippen molar-refractivity contribution in [1.29, 1.82) is 0 Å². The molecule has 16 heavy (non-hydrogen) atoms. The van der Waals surface area contributed by atoms with E-state index in [2.05, 4.69) is 4.98 Å². The van der Waals surface area contributed by atoms with Gasteiger partial charge in [0.15, 0.2) is 0 Å². The van der Waals surface area contributed by atoms with E-state index in [9.17, 15) is 4.79 Å². The van der Waals surface area contributed by atoms with Gasteiger partial charge in [0, 0.05) is 13.2 Å². The first-order valence-corrected chi connectivity index (χ1v) is 5.80. The topological polar surface area (TPSA) is 33.2 Å². The molecule has 0 aliphatic heterocycles. The van der Waals surface area contributed by atoms with E-state index >= 15 is 0 Å². The van der Waals surface area contributed by atoms with E-state index in [1.54, 1.807) is 18.1 Å². The van der Waals surface area contributed by atoms with E-state index in [4.69, 9.17) is 0 Å². The van der Waals surface area contributed by atoms with Gasteiger partial charge in [0.1, 0.15) is 5.82 Å². The summed E-state index contributed by atoms with van der Waals surface area (Å²) < 4.78 is 0. The Morgan fingerprint density at radius 2 is 2.25 bits per heavy atom. The Morgan fingerprint density at radius 3 is 2.81 bits per heavy atom. The zero-order valence-electron chi connectivity index (χ0n) is 9.18. The van der Waals surface area contributed by atoms with Gasteiger partial charge in [-0.3, -0.25) is 9.69 Å². The molecule has 0 saturated carbocycles. The Hall–Kier alpha value is -1.68. The monoisotopic (exact) mass is 232 g/mol. The summed E-state index contributed by atoms with van der Waals surface area (Å²) in [5.41, 5.74) is 1.11. The van der Waals surface area contributed by atoms with Crippen LogP contribution in [-0.2, 0) is 0 Å². The predicted molar refractivity (Wildman–Crippen MR) is 66.0 cm³/mol. The second-order valence-corrected chi connectivity index (χ2v) is 4.45. The summed E-state index contributed by atoms with van der Waals surface area (Å²) >= 11 is 1.46. The molecule has 1 amide bonds. The quantitative estimate of drug-likeness (QED) is 0.797. The molecule has 0 fully saturated rings. The first kappa shape index (κ1) is 10.8. The number of hydrogen-bond donors (Lipinski definition) is 0. The molecule has 0 aliphatic rings. The summed E-state index contributed by atoms with van der Waals surface area (Å²) in [6, 6.07) is 7.41. The summed E-state index contributed by atoms with van der Waals surface area (Å²) in [5.74, 6) is 0.648. The van der Waals surface area contributed by atoms with Crippen LogP contribution in [-0.4, -0.2) is 17.9 Å². The van der Waals surface area contributed by atoms with Gasteiger partial charge in [-0.05, 0) is 36.1 Å². The summed E-state index contributed by atoms with van der Waals surface area (Å²) in [4.78, 5) is 18.5. The molecule has 2 rings (SSSR count). The number of thiophene rings is 1. The molecule has 0 unspecified atom stereocenters. The number of aromatic nitrogens is 1. The fraction of sp³-hybridized carbons (Fsp3) is 0.167. The summed E-state index contributed by atoms with van der Waals surface area (Å²) in [6.07, 6.45) is 1.68. The van der Waals surface area contributed by atoms with Crippen molar-refractivity contribution in [2.24, 2.45) is 0 Å². The number of amides is 1. The molecule has 2 heterocycles. The molecular weight excluding hydrogens is 220 g/mol. The smallest absolute Gasteiger partial charge is 0.269 e. The van der Waals surface area contributed by atoms with Crippen LogP contribution < -0.4 is 4.90 Å². The lowest BCUT2D eigenvalue weighted by molar-refractivity contribution is 0.0996. The lowest BCUT2D eigenvalue weighted by Crippen LogP contribution is -2.26. The van der Waals surface area contributed by atoms with Crippen molar-refractivity contribution >= 4 is 23.1 Å². The largest absolute Gasteiger partial charge is 0.295 e. The molecule has 3 nitrogen and oxygen atoms in total. The summed E-state index contributed by atoms with van der Waals surface area (Å²) in [5, 5.41) is 1.97. The molecule has 0 bridgehead atoms. The van der Waals surface area contributed by atoms with Gasteiger partial charge in [0.25, 0.3) is 5.91 Å². The van der Waals surface area contributed by atoms with Crippen molar-refractivity contribution in [1.82, 2.24) is 4.98 Å². The molecule has 0 aliphatic carbocycles. The average molecular weight is 232 g/mol. The molecule has 4 heteroatoms. The van der Waals surface area contributed by atoms with Crippen molar-refractivity contribution < 1.29 is 4.79 Å². The number of rotatable bonds is 2. The van der Waals surface area contributed by atoms with Crippen LogP contribution >= 0.6 is 11.3 Å². The minimum absolute atomic E-state index is 0.0169. The van der Waals surface area contributed by atoms with Crippen LogP contribution in [0.3, 0.4) is 0 Å². The maximum Gasteiger partial charge on any atom is 0.269 e. The van der Waals surface area contributed by atoms with Crippen LogP contribution in [0.15, 0.2) is 35.8 Å². The number of hydrogen-bond acceptors (Lipinski definition) is 3. The van der Waals surface area contributed by atoms with Crippen molar-refractivity contribution in [2.75, 3.05) is 11.9 Å². The molecule has 0 radical (unpaired) electrons. The van der Waals surface area contributed by atoms with E-state index in [-0.39, 0.29) is 5.91 Å². The van der Waals surface area contributed by atoms with Crippen LogP contribution in [0.4, 0.5) is 5.82 Å². The van der Waals surface area contributed by atoms with Crippen LogP contribution in [0.5, 0.6) is 0 Å². The third-order valence-electron chi connectivity index (χ3n) is 2.24. The maximum absolute atomic E-state index is 12.1. The lowest BCUT2D eigenvalue weighted by atomic mass is 10.3. The SMILES string of the molecule is Cc1csc(C(=O)N(C)c2ccccn2)c1. The van der Waals surface area contributed by atoms with Gasteiger partial charge in [0.05, 0.1) is 4.88 Å². The second-order valence-electron chi connectivity index (χ2n) is 3.54. The standard InChI is InChI=1S/C12H12N2OS/c1-9-7-10(16-8-9)12(15)14(2)11-5-3-4-6-13-11/h3-8H,1-2H3. The van der Waals surface area contributed by atoms with Gasteiger partial charge >= 0.3 is 0 Å². The van der Waals surface area contributed by atoms with E-state index in [0.29, 0.717) is 5.82 Å². The minimum Gasteiger partial charge on any atom is -0.295 e. The Bertz CT molecular complexity index is 493. The maximum atomic E-state index is 12.1. The van der Waals surface area contributed by atoms with Crippen LogP contribution in [0, 0.1) is 6.92 Å². The molecule has 0 spiro atoms. The molecule has 0 aromatic carbocycles. The molecule has 0 atom stereocenters. The third-order valence-corrected chi connectivity index (χ3v) is 3.27. The molecule has 0 saturated heterocycles. The van der Waals surface area contributed by atoms with Gasteiger partial charge < -0.3 is 0 Å². The van der Waals surface area contributed by atoms with Crippen LogP contribution in [0.2, 0.25) is 0 Å². The Morgan fingerprint density at radius 1 is 1.44 bits per heavy atom. The van der Waals surface area contributed by atoms with Crippen molar-refractivity contribution in [3.8, 4) is 0 Å². The highest BCUT2D eigenvalue weighted by molar-refractivity contribution is 7.12. The van der Waals surface area contributed by atoms with E-state index in [1.165, 1.54) is 11.3 Å². The molecule has 0 N–H and O–H groups in total. The number of carbonyl (C=O) groups is 1. The predicted octanol–water partition coefficient (Wildman–Crippen LogP) is 2.73. The van der Waals surface area contributed by atoms with Crippen molar-refractivity contribution in [3.05, 3.63) is 46.3 Å². The fourth-order valence-corrected chi connectivity index (χ4v) is 2.24. The number of carbonyl (C=O) groups excluding carboxylic acids is 1. The highest BCUT2D eigenvalue weighted by Gasteiger charge is 2.15. The normalized spacial score (nSPS) is 10.1. The molecule has 82 valence electrons. The van der Waals surface area contributed by atoms with Crippen LogP contribution in [0.1, 0.15) is 15.2 Å². The van der Waals surface area contributed by atoms with Gasteiger partial charge in [-0.1, -0.05) is 6.07 Å². The first-order valence-electron chi connectivity index (χ1n) is 4.92. The lowest BCUT2D eigenvalue weighted by Gasteiger charge is -2.14. The number of aryl methyl sites for hydroxylation is 1. The number of pyridine rings is 1. The first-order chi connectivity index (χ1) is 7.68. The minimum atomic E-state index is -0.0169. The van der Waals surface area contributed by atoms with Gasteiger partial charge in [0.2, 0.25) is 0 Å². The van der Waals surface area contributed by atoms with Gasteiger partial charge in [-0.25, -0.2) is 4.98 Å². The summed E-state index contributed by atoms with van der Waals surface area (Å²) in [7, 11) is 1.74. The number of nitrogens with zero attached hydrogens (tertiary/aromatic N) is 2. The van der Waals surface area contributed by atoms with E-state index < -0.39 is 0 Å². The highest BCUT2D eigenvalue weighted by Crippen LogP contribution is 2.18. The second kappa shape index (κ2) is 4.45. The molecular formula is C12H12N2OS. The van der Waals surface area contributed by atoms with Gasteiger partial charge in [-0.15, -0.1) is 11.3 Å². The Labute approximate surface area is 98.4 Å². The summed E-state index contributed by atoms with van der Waals surface area (Å²) in [6.45, 7) is 1.98. The third kappa shape index (κ3) is 2.12. The highest BCUT2D eigenvalue weighted by atomic mass is 32.1. The number of anilines is 1. The average Bonchev–Trinajstić information content (AvgIpc) is 2.75.